The van der Waals surface area contributed by atoms with E-state index in [1.165, 1.54) is 0 Å². The first kappa shape index (κ1) is 10.8. The van der Waals surface area contributed by atoms with Gasteiger partial charge in [0.15, 0.2) is 0 Å². The minimum absolute atomic E-state index is 0. The monoisotopic (exact) mass is 130 g/mol. The summed E-state index contributed by atoms with van der Waals surface area (Å²) < 4.78 is 0. The lowest BCUT2D eigenvalue weighted by molar-refractivity contribution is 0.823. The Morgan fingerprint density at radius 3 is 2.11 bits per heavy atom. The lowest BCUT2D eigenvalue weighted by Crippen LogP contribution is -1.85. The highest BCUT2D eigenvalue weighted by Gasteiger charge is 1.73. The van der Waals surface area contributed by atoms with E-state index in [0.717, 1.165) is 0 Å². The minimum atomic E-state index is 0. The summed E-state index contributed by atoms with van der Waals surface area (Å²) in [5.41, 5.74) is 5.25. The molecule has 1 aromatic rings. The van der Waals surface area contributed by atoms with Crippen LogP contribution in [0.4, 0.5) is 5.82 Å². The zero-order chi connectivity index (χ0) is 5.11. The molecule has 1 aromatic heterocycles. The maximum atomic E-state index is 5.25. The Morgan fingerprint density at radius 2 is 1.89 bits per heavy atom. The van der Waals surface area contributed by atoms with Crippen LogP contribution in [0.1, 0.15) is 0 Å². The summed E-state index contributed by atoms with van der Waals surface area (Å²) >= 11 is 0. The molecule has 1 heterocycles. The van der Waals surface area contributed by atoms with E-state index in [9.17, 15) is 0 Å². The Bertz CT molecular complexity index is 143. The molecular weight excluding hydrogens is 120 g/mol. The summed E-state index contributed by atoms with van der Waals surface area (Å²) in [5, 5.41) is 0. The molecular formula is C5H10N2O2. The molecule has 0 radical (unpaired) electrons. The molecule has 0 atom stereocenters. The van der Waals surface area contributed by atoms with Gasteiger partial charge in [0.2, 0.25) is 0 Å². The number of hydrogen-bond acceptors (Lipinski definition) is 2. The van der Waals surface area contributed by atoms with Crippen LogP contribution < -0.4 is 5.73 Å². The van der Waals surface area contributed by atoms with Crippen molar-refractivity contribution >= 4 is 5.82 Å². The average molecular weight is 130 g/mol. The molecule has 6 N–H and O–H groups in total. The number of nitrogens with two attached hydrogens (primary N) is 1. The van der Waals surface area contributed by atoms with Gasteiger partial charge in [0.1, 0.15) is 5.82 Å². The van der Waals surface area contributed by atoms with Crippen molar-refractivity contribution in [1.29, 1.82) is 0 Å². The lowest BCUT2D eigenvalue weighted by atomic mass is 10.5. The smallest absolute Gasteiger partial charge is 0.123 e. The van der Waals surface area contributed by atoms with E-state index in [4.69, 9.17) is 5.73 Å². The summed E-state index contributed by atoms with van der Waals surface area (Å²) in [6, 6.07) is 5.43. The van der Waals surface area contributed by atoms with E-state index >= 15 is 0 Å². The van der Waals surface area contributed by atoms with Crippen LogP contribution in [0.2, 0.25) is 0 Å². The molecule has 4 nitrogen and oxygen atoms in total. The largest absolute Gasteiger partial charge is 0.412 e. The third-order valence-corrected chi connectivity index (χ3v) is 0.688. The molecule has 0 spiro atoms. The van der Waals surface area contributed by atoms with Gasteiger partial charge >= 0.3 is 0 Å². The van der Waals surface area contributed by atoms with Crippen LogP contribution in [0.15, 0.2) is 24.4 Å². The zero-order valence-electron chi connectivity index (χ0n) is 4.83. The highest BCUT2D eigenvalue weighted by molar-refractivity contribution is 5.25. The van der Waals surface area contributed by atoms with E-state index in [1.807, 2.05) is 12.1 Å². The quantitative estimate of drug-likeness (QED) is 0.487. The molecule has 0 unspecified atom stereocenters. The van der Waals surface area contributed by atoms with Gasteiger partial charge < -0.3 is 16.7 Å². The highest BCUT2D eigenvalue weighted by atomic mass is 16.0. The van der Waals surface area contributed by atoms with Gasteiger partial charge in [-0.3, -0.25) is 0 Å². The number of nitrogens with zero attached hydrogens (tertiary/aromatic N) is 1. The molecule has 0 fully saturated rings. The van der Waals surface area contributed by atoms with E-state index in [2.05, 4.69) is 4.98 Å². The summed E-state index contributed by atoms with van der Waals surface area (Å²) in [7, 11) is 0. The molecule has 52 valence electrons. The predicted octanol–water partition coefficient (Wildman–Crippen LogP) is -0.986. The standard InChI is InChI=1S/C5H6N2.2H2O/c6-5-3-1-2-4-7-5;;/h1-4H,(H2,6,7);2*1H2. The SMILES string of the molecule is Nc1ccccn1.O.O. The van der Waals surface area contributed by atoms with E-state index < -0.39 is 0 Å². The second-order valence-corrected chi connectivity index (χ2v) is 1.25. The highest BCUT2D eigenvalue weighted by Crippen LogP contribution is 1.89. The van der Waals surface area contributed by atoms with Crippen LogP contribution in [0.5, 0.6) is 0 Å². The molecule has 0 aliphatic rings. The number of pyridine rings is 1. The van der Waals surface area contributed by atoms with Crippen molar-refractivity contribution in [2.75, 3.05) is 5.73 Å². The first-order valence-corrected chi connectivity index (χ1v) is 2.06. The van der Waals surface area contributed by atoms with Gasteiger partial charge in [0, 0.05) is 6.20 Å². The van der Waals surface area contributed by atoms with E-state index in [-0.39, 0.29) is 11.0 Å². The number of aromatic nitrogens is 1. The second-order valence-electron chi connectivity index (χ2n) is 1.25. The third-order valence-electron chi connectivity index (χ3n) is 0.688. The van der Waals surface area contributed by atoms with Gasteiger partial charge in [-0.05, 0) is 12.1 Å². The van der Waals surface area contributed by atoms with Gasteiger partial charge in [-0.2, -0.15) is 0 Å². The topological polar surface area (TPSA) is 102 Å². The molecule has 4 heteroatoms. The van der Waals surface area contributed by atoms with Crippen molar-refractivity contribution < 1.29 is 11.0 Å². The van der Waals surface area contributed by atoms with Crippen LogP contribution in [0, 0.1) is 0 Å². The fourth-order valence-electron chi connectivity index (χ4n) is 0.376. The molecule has 0 aromatic carbocycles. The molecule has 9 heavy (non-hydrogen) atoms. The van der Waals surface area contributed by atoms with Crippen molar-refractivity contribution in [2.24, 2.45) is 0 Å². The fraction of sp³-hybridized carbons (Fsp3) is 0. The van der Waals surface area contributed by atoms with Gasteiger partial charge in [-0.25, -0.2) is 4.98 Å². The van der Waals surface area contributed by atoms with Crippen LogP contribution in [-0.4, -0.2) is 15.9 Å². The minimum Gasteiger partial charge on any atom is -0.412 e. The van der Waals surface area contributed by atoms with Gasteiger partial charge in [0.25, 0.3) is 0 Å². The van der Waals surface area contributed by atoms with Crippen LogP contribution in [0.25, 0.3) is 0 Å². The molecule has 0 aliphatic carbocycles. The summed E-state index contributed by atoms with van der Waals surface area (Å²) in [6.07, 6.45) is 1.66. The average Bonchev–Trinajstić information content (AvgIpc) is 1.69. The number of anilines is 1. The van der Waals surface area contributed by atoms with E-state index in [1.54, 1.807) is 12.3 Å². The summed E-state index contributed by atoms with van der Waals surface area (Å²) in [4.78, 5) is 3.76. The van der Waals surface area contributed by atoms with Gasteiger partial charge in [-0.15, -0.1) is 0 Å². The van der Waals surface area contributed by atoms with Crippen molar-refractivity contribution in [2.45, 2.75) is 0 Å². The molecule has 0 bridgehead atoms. The Labute approximate surface area is 53.0 Å². The molecule has 0 amide bonds. The van der Waals surface area contributed by atoms with Crippen molar-refractivity contribution in [3.8, 4) is 0 Å². The normalized spacial score (nSPS) is 6.67. The molecule has 1 rings (SSSR count). The van der Waals surface area contributed by atoms with Gasteiger partial charge in [0.05, 0.1) is 0 Å². The van der Waals surface area contributed by atoms with Crippen molar-refractivity contribution in [3.63, 3.8) is 0 Å². The first-order valence-electron chi connectivity index (χ1n) is 2.06. The predicted molar refractivity (Wildman–Crippen MR) is 35.9 cm³/mol. The molecule has 0 aliphatic heterocycles. The zero-order valence-corrected chi connectivity index (χ0v) is 4.83. The summed E-state index contributed by atoms with van der Waals surface area (Å²) in [5.74, 6) is 0.572. The summed E-state index contributed by atoms with van der Waals surface area (Å²) in [6.45, 7) is 0. The van der Waals surface area contributed by atoms with Crippen LogP contribution >= 0.6 is 0 Å². The Kier molecular flexibility index (Phi) is 6.01. The second kappa shape index (κ2) is 5.02. The van der Waals surface area contributed by atoms with Gasteiger partial charge in [-0.1, -0.05) is 6.07 Å². The number of nitrogen functional groups attached to an aromatic ring is 1. The Morgan fingerprint density at radius 1 is 1.22 bits per heavy atom. The number of rotatable bonds is 0. The van der Waals surface area contributed by atoms with Crippen molar-refractivity contribution in [1.82, 2.24) is 4.98 Å². The fourth-order valence-corrected chi connectivity index (χ4v) is 0.376. The maximum Gasteiger partial charge on any atom is 0.123 e. The van der Waals surface area contributed by atoms with E-state index in [0.29, 0.717) is 5.82 Å². The lowest BCUT2D eigenvalue weighted by Gasteiger charge is -1.82. The third kappa shape index (κ3) is 3.45. The number of hydrogen-bond donors (Lipinski definition) is 1. The van der Waals surface area contributed by atoms with Crippen molar-refractivity contribution in [3.05, 3.63) is 24.4 Å². The Hall–Kier alpha value is -1.13. The molecule has 0 saturated carbocycles. The maximum absolute atomic E-state index is 5.25. The first-order chi connectivity index (χ1) is 3.39. The molecule has 0 saturated heterocycles. The van der Waals surface area contributed by atoms with Crippen LogP contribution in [0.3, 0.4) is 0 Å². The van der Waals surface area contributed by atoms with Crippen LogP contribution in [-0.2, 0) is 0 Å². The Balaban J connectivity index is 0.